The standard InChI is InChI=1S/C24H34F3N5O2/c1-15-20(6-7-21(30-15)32-10-8-18(9-11-32)24(25,26)27)31-19-4-2-16(3-5-19)13-29-23(34)17-12-22(33)28-14-17/h6-7,16-19,31H,2-5,8-14H2,1H3,(H,28,33)(H,29,34). The minimum atomic E-state index is -4.11. The lowest BCUT2D eigenvalue weighted by Crippen LogP contribution is -2.39. The Hall–Kier alpha value is -2.52. The van der Waals surface area contributed by atoms with Gasteiger partial charge in [-0.2, -0.15) is 13.2 Å². The van der Waals surface area contributed by atoms with Crippen molar-refractivity contribution >= 4 is 23.3 Å². The average molecular weight is 482 g/mol. The van der Waals surface area contributed by atoms with Gasteiger partial charge in [0.1, 0.15) is 5.82 Å². The third-order valence-electron chi connectivity index (χ3n) is 7.47. The van der Waals surface area contributed by atoms with Crippen molar-refractivity contribution in [2.75, 3.05) is 36.4 Å². The number of piperidine rings is 1. The molecule has 1 aromatic heterocycles. The maximum atomic E-state index is 12.9. The predicted octanol–water partition coefficient (Wildman–Crippen LogP) is 3.39. The Kier molecular flexibility index (Phi) is 7.52. The first kappa shape index (κ1) is 24.6. The molecule has 2 aliphatic heterocycles. The molecule has 34 heavy (non-hydrogen) atoms. The van der Waals surface area contributed by atoms with Gasteiger partial charge in [0.25, 0.3) is 0 Å². The number of carbonyl (C=O) groups excluding carboxylic acids is 2. The Morgan fingerprint density at radius 3 is 2.44 bits per heavy atom. The van der Waals surface area contributed by atoms with Crippen LogP contribution in [0.4, 0.5) is 24.7 Å². The fraction of sp³-hybridized carbons (Fsp3) is 0.708. The Balaban J connectivity index is 1.20. The van der Waals surface area contributed by atoms with Gasteiger partial charge in [-0.15, -0.1) is 0 Å². The van der Waals surface area contributed by atoms with Gasteiger partial charge in [-0.05, 0) is 63.5 Å². The minimum Gasteiger partial charge on any atom is -0.381 e. The van der Waals surface area contributed by atoms with Gasteiger partial charge in [0.2, 0.25) is 11.8 Å². The van der Waals surface area contributed by atoms with Crippen LogP contribution in [0.15, 0.2) is 12.1 Å². The molecule has 1 unspecified atom stereocenters. The van der Waals surface area contributed by atoms with Crippen LogP contribution < -0.4 is 20.9 Å². The first-order valence-corrected chi connectivity index (χ1v) is 12.3. The van der Waals surface area contributed by atoms with Gasteiger partial charge in [-0.25, -0.2) is 4.98 Å². The Bertz CT molecular complexity index is 878. The number of hydrogen-bond acceptors (Lipinski definition) is 5. The van der Waals surface area contributed by atoms with Crippen LogP contribution in [0.1, 0.15) is 50.6 Å². The number of hydrogen-bond donors (Lipinski definition) is 3. The zero-order valence-corrected chi connectivity index (χ0v) is 19.6. The second kappa shape index (κ2) is 10.4. The van der Waals surface area contributed by atoms with Crippen LogP contribution in [0.25, 0.3) is 0 Å². The topological polar surface area (TPSA) is 86.4 Å². The molecule has 188 valence electrons. The Morgan fingerprint density at radius 1 is 1.15 bits per heavy atom. The minimum absolute atomic E-state index is 0.0389. The zero-order chi connectivity index (χ0) is 24.3. The second-order valence-electron chi connectivity index (χ2n) is 9.92. The summed E-state index contributed by atoms with van der Waals surface area (Å²) in [6.07, 6.45) is 0.415. The Labute approximate surface area is 198 Å². The fourth-order valence-electron chi connectivity index (χ4n) is 5.22. The third kappa shape index (κ3) is 6.13. The molecule has 1 aliphatic carbocycles. The lowest BCUT2D eigenvalue weighted by molar-refractivity contribution is -0.179. The monoisotopic (exact) mass is 481 g/mol. The quantitative estimate of drug-likeness (QED) is 0.580. The van der Waals surface area contributed by atoms with E-state index in [-0.39, 0.29) is 37.0 Å². The summed E-state index contributed by atoms with van der Waals surface area (Å²) in [6.45, 7) is 3.75. The van der Waals surface area contributed by atoms with E-state index in [0.717, 1.165) is 42.9 Å². The van der Waals surface area contributed by atoms with Gasteiger partial charge in [0.05, 0.1) is 23.2 Å². The summed E-state index contributed by atoms with van der Waals surface area (Å²) in [5, 5.41) is 9.28. The molecule has 3 N–H and O–H groups in total. The molecule has 7 nitrogen and oxygen atoms in total. The number of nitrogens with one attached hydrogen (secondary N) is 3. The highest BCUT2D eigenvalue weighted by atomic mass is 19.4. The molecule has 10 heteroatoms. The van der Waals surface area contributed by atoms with Crippen LogP contribution in [-0.2, 0) is 9.59 Å². The third-order valence-corrected chi connectivity index (χ3v) is 7.47. The number of rotatable bonds is 6. The van der Waals surface area contributed by atoms with E-state index in [1.165, 1.54) is 0 Å². The molecule has 2 amide bonds. The molecule has 2 saturated heterocycles. The number of carbonyl (C=O) groups is 2. The van der Waals surface area contributed by atoms with E-state index in [0.29, 0.717) is 38.1 Å². The summed E-state index contributed by atoms with van der Waals surface area (Å²) in [4.78, 5) is 30.1. The zero-order valence-electron chi connectivity index (χ0n) is 19.6. The summed E-state index contributed by atoms with van der Waals surface area (Å²) >= 11 is 0. The molecule has 0 bridgehead atoms. The normalized spacial score (nSPS) is 26.3. The van der Waals surface area contributed by atoms with Crippen molar-refractivity contribution in [2.45, 2.75) is 64.1 Å². The van der Waals surface area contributed by atoms with E-state index < -0.39 is 12.1 Å². The highest BCUT2D eigenvalue weighted by Gasteiger charge is 2.41. The summed E-state index contributed by atoms with van der Waals surface area (Å²) in [5.74, 6) is -0.382. The molecule has 1 saturated carbocycles. The number of nitrogens with zero attached hydrogens (tertiary/aromatic N) is 2. The Morgan fingerprint density at radius 2 is 1.85 bits per heavy atom. The fourth-order valence-corrected chi connectivity index (χ4v) is 5.22. The van der Waals surface area contributed by atoms with Crippen molar-refractivity contribution in [3.8, 4) is 0 Å². The molecular formula is C24H34F3N5O2. The summed E-state index contributed by atoms with van der Waals surface area (Å²) in [7, 11) is 0. The highest BCUT2D eigenvalue weighted by Crippen LogP contribution is 2.35. The van der Waals surface area contributed by atoms with Crippen molar-refractivity contribution in [3.63, 3.8) is 0 Å². The van der Waals surface area contributed by atoms with Gasteiger partial charge in [0.15, 0.2) is 0 Å². The molecule has 1 aromatic rings. The van der Waals surface area contributed by atoms with Gasteiger partial charge in [-0.3, -0.25) is 9.59 Å². The van der Waals surface area contributed by atoms with Gasteiger partial charge >= 0.3 is 6.18 Å². The highest BCUT2D eigenvalue weighted by molar-refractivity contribution is 5.89. The van der Waals surface area contributed by atoms with Crippen LogP contribution in [0.2, 0.25) is 0 Å². The van der Waals surface area contributed by atoms with E-state index in [2.05, 4.69) is 20.9 Å². The van der Waals surface area contributed by atoms with Crippen LogP contribution in [0.5, 0.6) is 0 Å². The number of pyridine rings is 1. The molecule has 3 heterocycles. The maximum absolute atomic E-state index is 12.9. The van der Waals surface area contributed by atoms with Crippen molar-refractivity contribution in [3.05, 3.63) is 17.8 Å². The SMILES string of the molecule is Cc1nc(N2CCC(C(F)(F)F)CC2)ccc1NC1CCC(CNC(=O)C2CNC(=O)C2)CC1. The largest absolute Gasteiger partial charge is 0.391 e. The van der Waals surface area contributed by atoms with Crippen LogP contribution >= 0.6 is 0 Å². The molecule has 3 aliphatic rings. The van der Waals surface area contributed by atoms with Crippen LogP contribution in [0, 0.1) is 24.7 Å². The van der Waals surface area contributed by atoms with E-state index in [1.54, 1.807) is 0 Å². The van der Waals surface area contributed by atoms with Crippen molar-refractivity contribution in [1.29, 1.82) is 0 Å². The van der Waals surface area contributed by atoms with E-state index in [4.69, 9.17) is 0 Å². The van der Waals surface area contributed by atoms with Gasteiger partial charge in [-0.1, -0.05) is 0 Å². The van der Waals surface area contributed by atoms with E-state index >= 15 is 0 Å². The summed E-state index contributed by atoms with van der Waals surface area (Å²) in [5.41, 5.74) is 1.81. The predicted molar refractivity (Wildman–Crippen MR) is 123 cm³/mol. The average Bonchev–Trinajstić information content (AvgIpc) is 3.25. The smallest absolute Gasteiger partial charge is 0.381 e. The van der Waals surface area contributed by atoms with Gasteiger partial charge < -0.3 is 20.9 Å². The van der Waals surface area contributed by atoms with E-state index in [1.807, 2.05) is 24.0 Å². The number of aromatic nitrogens is 1. The number of halogens is 3. The number of aryl methyl sites for hydroxylation is 1. The lowest BCUT2D eigenvalue weighted by atomic mass is 9.85. The van der Waals surface area contributed by atoms with Crippen LogP contribution in [0.3, 0.4) is 0 Å². The molecule has 4 rings (SSSR count). The van der Waals surface area contributed by atoms with Crippen molar-refractivity contribution in [2.24, 2.45) is 17.8 Å². The number of anilines is 2. The molecular weight excluding hydrogens is 447 g/mol. The molecule has 1 atom stereocenters. The van der Waals surface area contributed by atoms with Crippen molar-refractivity contribution < 1.29 is 22.8 Å². The first-order valence-electron chi connectivity index (χ1n) is 12.3. The molecule has 3 fully saturated rings. The lowest BCUT2D eigenvalue weighted by Gasteiger charge is -2.34. The molecule has 0 radical (unpaired) electrons. The van der Waals surface area contributed by atoms with Gasteiger partial charge in [0, 0.05) is 38.6 Å². The number of amides is 2. The number of alkyl halides is 3. The van der Waals surface area contributed by atoms with E-state index in [9.17, 15) is 22.8 Å². The maximum Gasteiger partial charge on any atom is 0.391 e. The molecule has 0 spiro atoms. The van der Waals surface area contributed by atoms with Crippen LogP contribution in [-0.4, -0.2) is 55.2 Å². The molecule has 0 aromatic carbocycles. The summed E-state index contributed by atoms with van der Waals surface area (Å²) < 4.78 is 38.7. The summed E-state index contributed by atoms with van der Waals surface area (Å²) in [6, 6.07) is 4.21. The first-order chi connectivity index (χ1) is 16.2. The second-order valence-corrected chi connectivity index (χ2v) is 9.92. The van der Waals surface area contributed by atoms with Crippen molar-refractivity contribution in [1.82, 2.24) is 15.6 Å².